The molecule has 0 radical (unpaired) electrons. The number of benzene rings is 2. The summed E-state index contributed by atoms with van der Waals surface area (Å²) >= 11 is 0. The SMILES string of the molecule is C=CC(=O)N1CCCC(n2c(=O)n(-c3ccc(Oc4cccc(F)c4F)cc3)c3cnccc32)C1. The van der Waals surface area contributed by atoms with Crippen molar-refractivity contribution in [2.75, 3.05) is 13.1 Å². The van der Waals surface area contributed by atoms with Crippen molar-refractivity contribution in [1.29, 1.82) is 0 Å². The molecule has 9 heteroatoms. The Morgan fingerprint density at radius 3 is 2.69 bits per heavy atom. The number of likely N-dealkylation sites (tertiary alicyclic amines) is 1. The molecule has 1 aliphatic heterocycles. The van der Waals surface area contributed by atoms with Gasteiger partial charge < -0.3 is 9.64 Å². The summed E-state index contributed by atoms with van der Waals surface area (Å²) in [5.41, 5.74) is 1.64. The first-order valence-electron chi connectivity index (χ1n) is 11.2. The van der Waals surface area contributed by atoms with E-state index in [1.54, 1.807) is 56.8 Å². The summed E-state index contributed by atoms with van der Waals surface area (Å²) in [6.45, 7) is 4.61. The first-order chi connectivity index (χ1) is 17.0. The van der Waals surface area contributed by atoms with E-state index < -0.39 is 11.6 Å². The van der Waals surface area contributed by atoms with Crippen LogP contribution in [0, 0.1) is 11.6 Å². The van der Waals surface area contributed by atoms with Crippen LogP contribution in [0.4, 0.5) is 8.78 Å². The molecule has 5 rings (SSSR count). The number of ether oxygens (including phenoxy) is 1. The van der Waals surface area contributed by atoms with Gasteiger partial charge in [0.15, 0.2) is 11.6 Å². The van der Waals surface area contributed by atoms with Crippen LogP contribution in [0.3, 0.4) is 0 Å². The van der Waals surface area contributed by atoms with Gasteiger partial charge in [0.25, 0.3) is 0 Å². The van der Waals surface area contributed by atoms with E-state index in [9.17, 15) is 18.4 Å². The van der Waals surface area contributed by atoms with E-state index in [2.05, 4.69) is 11.6 Å². The highest BCUT2D eigenvalue weighted by Gasteiger charge is 2.27. The van der Waals surface area contributed by atoms with Crippen LogP contribution in [0.1, 0.15) is 18.9 Å². The minimum Gasteiger partial charge on any atom is -0.454 e. The molecule has 1 atom stereocenters. The van der Waals surface area contributed by atoms with Crippen LogP contribution < -0.4 is 10.4 Å². The van der Waals surface area contributed by atoms with Crippen molar-refractivity contribution >= 4 is 16.9 Å². The molecule has 0 N–H and O–H groups in total. The number of pyridine rings is 1. The predicted octanol–water partition coefficient (Wildman–Crippen LogP) is 4.61. The number of hydrogen-bond donors (Lipinski definition) is 0. The van der Waals surface area contributed by atoms with E-state index in [1.807, 2.05) is 0 Å². The zero-order chi connectivity index (χ0) is 24.5. The lowest BCUT2D eigenvalue weighted by Crippen LogP contribution is -2.42. The van der Waals surface area contributed by atoms with Crippen LogP contribution in [0.5, 0.6) is 11.5 Å². The summed E-state index contributed by atoms with van der Waals surface area (Å²) in [7, 11) is 0. The van der Waals surface area contributed by atoms with E-state index in [1.165, 1.54) is 18.2 Å². The van der Waals surface area contributed by atoms with E-state index >= 15 is 0 Å². The zero-order valence-electron chi connectivity index (χ0n) is 18.7. The van der Waals surface area contributed by atoms with Crippen molar-refractivity contribution < 1.29 is 18.3 Å². The normalized spacial score (nSPS) is 15.8. The topological polar surface area (TPSA) is 69.4 Å². The van der Waals surface area contributed by atoms with E-state index in [-0.39, 0.29) is 23.4 Å². The number of amides is 1. The second-order valence-corrected chi connectivity index (χ2v) is 8.28. The van der Waals surface area contributed by atoms with E-state index in [0.29, 0.717) is 35.6 Å². The highest BCUT2D eigenvalue weighted by molar-refractivity contribution is 5.87. The number of hydrogen-bond acceptors (Lipinski definition) is 4. The maximum Gasteiger partial charge on any atom is 0.334 e. The Morgan fingerprint density at radius 1 is 1.11 bits per heavy atom. The van der Waals surface area contributed by atoms with Crippen molar-refractivity contribution in [1.82, 2.24) is 19.0 Å². The van der Waals surface area contributed by atoms with Crippen LogP contribution in [-0.4, -0.2) is 38.0 Å². The molecule has 0 saturated carbocycles. The van der Waals surface area contributed by atoms with Crippen LogP contribution in [0.15, 0.2) is 78.4 Å². The molecule has 2 aromatic carbocycles. The number of imidazole rings is 1. The van der Waals surface area contributed by atoms with Crippen LogP contribution >= 0.6 is 0 Å². The third-order valence-corrected chi connectivity index (χ3v) is 6.16. The summed E-state index contributed by atoms with van der Waals surface area (Å²) in [5.74, 6) is -2.16. The first kappa shape index (κ1) is 22.5. The molecule has 1 aliphatic rings. The van der Waals surface area contributed by atoms with Crippen LogP contribution in [0.25, 0.3) is 16.7 Å². The Hall–Kier alpha value is -4.27. The van der Waals surface area contributed by atoms with Gasteiger partial charge in [0.05, 0.1) is 29.0 Å². The van der Waals surface area contributed by atoms with Crippen molar-refractivity contribution in [2.24, 2.45) is 0 Å². The molecule has 178 valence electrons. The summed E-state index contributed by atoms with van der Waals surface area (Å²) < 4.78 is 36.2. The van der Waals surface area contributed by atoms with Gasteiger partial charge in [-0.05, 0) is 61.4 Å². The Balaban J connectivity index is 1.51. The average molecular weight is 476 g/mol. The fourth-order valence-electron chi connectivity index (χ4n) is 4.52. The van der Waals surface area contributed by atoms with Gasteiger partial charge in [-0.2, -0.15) is 4.39 Å². The second-order valence-electron chi connectivity index (χ2n) is 8.28. The summed E-state index contributed by atoms with van der Waals surface area (Å²) in [6.07, 6.45) is 6.07. The maximum atomic E-state index is 14.0. The summed E-state index contributed by atoms with van der Waals surface area (Å²) in [6, 6.07) is 11.8. The molecular weight excluding hydrogens is 454 g/mol. The van der Waals surface area contributed by atoms with Gasteiger partial charge in [0.2, 0.25) is 11.7 Å². The van der Waals surface area contributed by atoms with Crippen molar-refractivity contribution in [3.8, 4) is 17.2 Å². The highest BCUT2D eigenvalue weighted by Crippen LogP contribution is 2.29. The van der Waals surface area contributed by atoms with Gasteiger partial charge in [-0.3, -0.25) is 18.9 Å². The summed E-state index contributed by atoms with van der Waals surface area (Å²) in [4.78, 5) is 31.7. The van der Waals surface area contributed by atoms with Gasteiger partial charge in [-0.25, -0.2) is 9.18 Å². The number of aromatic nitrogens is 3. The number of fused-ring (bicyclic) bond motifs is 1. The molecule has 7 nitrogen and oxygen atoms in total. The van der Waals surface area contributed by atoms with Crippen molar-refractivity contribution in [2.45, 2.75) is 18.9 Å². The minimum atomic E-state index is -1.07. The van der Waals surface area contributed by atoms with Gasteiger partial charge >= 0.3 is 5.69 Å². The molecule has 1 unspecified atom stereocenters. The van der Waals surface area contributed by atoms with Crippen molar-refractivity contribution in [3.63, 3.8) is 0 Å². The monoisotopic (exact) mass is 476 g/mol. The highest BCUT2D eigenvalue weighted by atomic mass is 19.2. The third-order valence-electron chi connectivity index (χ3n) is 6.16. The molecule has 0 aliphatic carbocycles. The molecule has 3 heterocycles. The molecule has 1 fully saturated rings. The zero-order valence-corrected chi connectivity index (χ0v) is 18.7. The average Bonchev–Trinajstić information content (AvgIpc) is 3.18. The maximum absolute atomic E-state index is 14.0. The lowest BCUT2D eigenvalue weighted by atomic mass is 10.1. The number of carbonyl (C=O) groups excluding carboxylic acids is 1. The van der Waals surface area contributed by atoms with Crippen LogP contribution in [-0.2, 0) is 4.79 Å². The molecular formula is C26H22F2N4O3. The fraction of sp³-hybridized carbons (Fsp3) is 0.192. The summed E-state index contributed by atoms with van der Waals surface area (Å²) in [5, 5.41) is 0. The molecule has 0 spiro atoms. The Labute approximate surface area is 199 Å². The third kappa shape index (κ3) is 4.09. The number of piperidine rings is 1. The molecule has 1 saturated heterocycles. The van der Waals surface area contributed by atoms with Crippen LogP contribution in [0.2, 0.25) is 0 Å². The minimum absolute atomic E-state index is 0.154. The molecule has 1 amide bonds. The lowest BCUT2D eigenvalue weighted by molar-refractivity contribution is -0.127. The standard InChI is InChI=1S/C26H22F2N4O3/c1-2-24(33)30-14-4-5-18(16-30)32-21-12-13-29-15-22(21)31(26(32)34)17-8-10-19(11-9-17)35-23-7-3-6-20(27)25(23)28/h2-3,6-13,15,18H,1,4-5,14,16H2. The number of nitrogens with zero attached hydrogens (tertiary/aromatic N) is 4. The number of rotatable bonds is 5. The lowest BCUT2D eigenvalue weighted by Gasteiger charge is -2.32. The molecule has 2 aromatic heterocycles. The largest absolute Gasteiger partial charge is 0.454 e. The first-order valence-corrected chi connectivity index (χ1v) is 11.2. The quantitative estimate of drug-likeness (QED) is 0.395. The van der Waals surface area contributed by atoms with Gasteiger partial charge in [-0.1, -0.05) is 12.6 Å². The molecule has 0 bridgehead atoms. The smallest absolute Gasteiger partial charge is 0.334 e. The number of halogens is 2. The van der Waals surface area contributed by atoms with E-state index in [4.69, 9.17) is 4.74 Å². The van der Waals surface area contributed by atoms with Gasteiger partial charge in [0.1, 0.15) is 5.75 Å². The predicted molar refractivity (Wildman–Crippen MR) is 127 cm³/mol. The Bertz CT molecular complexity index is 1480. The number of carbonyl (C=O) groups is 1. The molecule has 4 aromatic rings. The van der Waals surface area contributed by atoms with Crippen molar-refractivity contribution in [3.05, 3.63) is 95.7 Å². The second kappa shape index (κ2) is 9.17. The Kier molecular flexibility index (Phi) is 5.90. The van der Waals surface area contributed by atoms with Gasteiger partial charge in [-0.15, -0.1) is 0 Å². The van der Waals surface area contributed by atoms with E-state index in [0.717, 1.165) is 18.9 Å². The fourth-order valence-corrected chi connectivity index (χ4v) is 4.52. The Morgan fingerprint density at radius 2 is 1.91 bits per heavy atom. The van der Waals surface area contributed by atoms with Gasteiger partial charge in [0, 0.05) is 19.3 Å². The molecule has 35 heavy (non-hydrogen) atoms.